The fraction of sp³-hybridized carbons (Fsp3) is 0.636. The van der Waals surface area contributed by atoms with Crippen molar-refractivity contribution in [3.05, 3.63) is 49.4 Å². The first-order valence-corrected chi connectivity index (χ1v) is 10.4. The van der Waals surface area contributed by atoms with Gasteiger partial charge in [-0.25, -0.2) is 0 Å². The second kappa shape index (κ2) is 12.7. The Kier molecular flexibility index (Phi) is 11.1. The van der Waals surface area contributed by atoms with Crippen LogP contribution in [0, 0.1) is 13.5 Å². The number of hydrogen-bond donors (Lipinski definition) is 5. The third-order valence-electron chi connectivity index (χ3n) is 5.42. The number of rotatable bonds is 3. The van der Waals surface area contributed by atoms with Gasteiger partial charge in [0.2, 0.25) is 0 Å². The molecule has 0 aromatic heterocycles. The fourth-order valence-corrected chi connectivity index (χ4v) is 3.64. The molecule has 3 fully saturated rings. The van der Waals surface area contributed by atoms with Gasteiger partial charge in [-0.3, -0.25) is 0 Å². The molecule has 4 rings (SSSR count). The molecule has 0 bridgehead atoms. The Bertz CT molecular complexity index is 704. The molecule has 3 aliphatic rings. The van der Waals surface area contributed by atoms with Gasteiger partial charge in [0.05, 0.1) is 25.4 Å². The minimum Gasteiger partial charge on any atom is -0.544 e. The van der Waals surface area contributed by atoms with Gasteiger partial charge in [0.15, 0.2) is 12.1 Å². The summed E-state index contributed by atoms with van der Waals surface area (Å²) in [6.45, 7) is 7.72. The number of aliphatic hydroxyl groups excluding tert-OH is 5. The van der Waals surface area contributed by atoms with Gasteiger partial charge in [-0.15, -0.1) is 12.1 Å². The summed E-state index contributed by atoms with van der Waals surface area (Å²) in [4.78, 5) is 0. The Morgan fingerprint density at radius 1 is 1.09 bits per heavy atom. The quantitative estimate of drug-likeness (QED) is 0.303. The molecule has 33 heavy (non-hydrogen) atoms. The van der Waals surface area contributed by atoms with Crippen LogP contribution >= 0.6 is 0 Å². The minimum absolute atomic E-state index is 0. The van der Waals surface area contributed by atoms with Crippen LogP contribution in [-0.2, 0) is 56.4 Å². The average molecular weight is 545 g/mol. The zero-order valence-electron chi connectivity index (χ0n) is 18.6. The van der Waals surface area contributed by atoms with E-state index in [1.807, 2.05) is 30.3 Å². The number of benzene rings is 1. The summed E-state index contributed by atoms with van der Waals surface area (Å²) in [6.07, 6.45) is -10.4. The van der Waals surface area contributed by atoms with Crippen LogP contribution in [0.25, 0.3) is 0 Å². The van der Waals surface area contributed by atoms with Crippen LogP contribution in [-0.4, -0.2) is 99.7 Å². The SMILES string of the molecule is CC1(C)OCC2OC(OC3C(CO)O[CH-]C(O)C3O)C(O)C(O)C2O1.[CH2-]c1ccccc1.[Y]. The summed E-state index contributed by atoms with van der Waals surface area (Å²) in [6, 6.07) is 9.87. The Morgan fingerprint density at radius 3 is 2.33 bits per heavy atom. The number of fused-ring (bicyclic) bond motifs is 1. The molecular weight excluding hydrogens is 513 g/mol. The van der Waals surface area contributed by atoms with Crippen molar-refractivity contribution >= 4 is 0 Å². The van der Waals surface area contributed by atoms with Crippen LogP contribution < -0.4 is 0 Å². The molecule has 11 heteroatoms. The topological polar surface area (TPSA) is 147 Å². The van der Waals surface area contributed by atoms with E-state index in [4.69, 9.17) is 23.7 Å². The maximum Gasteiger partial charge on any atom is 0.187 e. The van der Waals surface area contributed by atoms with E-state index in [0.29, 0.717) is 0 Å². The maximum absolute atomic E-state index is 10.4. The molecular formula is C22H32O10Y-2. The van der Waals surface area contributed by atoms with E-state index in [1.165, 1.54) is 0 Å². The van der Waals surface area contributed by atoms with Crippen molar-refractivity contribution in [3.8, 4) is 0 Å². The Morgan fingerprint density at radius 2 is 1.76 bits per heavy atom. The molecule has 9 unspecified atom stereocenters. The predicted octanol–water partition coefficient (Wildman–Crippen LogP) is -0.889. The molecule has 1 aromatic carbocycles. The number of hydrogen-bond acceptors (Lipinski definition) is 10. The van der Waals surface area contributed by atoms with Gasteiger partial charge < -0.3 is 49.2 Å². The molecule has 5 N–H and O–H groups in total. The molecule has 0 spiro atoms. The molecule has 1 aromatic rings. The predicted molar refractivity (Wildman–Crippen MR) is 110 cm³/mol. The van der Waals surface area contributed by atoms with E-state index >= 15 is 0 Å². The normalized spacial score (nSPS) is 39.9. The van der Waals surface area contributed by atoms with Gasteiger partial charge in [-0.05, 0) is 20.0 Å². The van der Waals surface area contributed by atoms with Crippen LogP contribution in [0.4, 0.5) is 0 Å². The Labute approximate surface area is 218 Å². The molecule has 185 valence electrons. The molecule has 1 radical (unpaired) electrons. The Balaban J connectivity index is 0.000000413. The summed E-state index contributed by atoms with van der Waals surface area (Å²) in [7, 11) is 0. The van der Waals surface area contributed by atoms with Crippen LogP contribution in [0.1, 0.15) is 19.4 Å². The molecule has 0 aliphatic carbocycles. The molecule has 3 aliphatic heterocycles. The van der Waals surface area contributed by atoms with Gasteiger partial charge >= 0.3 is 0 Å². The summed E-state index contributed by atoms with van der Waals surface area (Å²) in [5.74, 6) is -0.922. The van der Waals surface area contributed by atoms with E-state index in [1.54, 1.807) is 13.8 Å². The minimum atomic E-state index is -1.47. The van der Waals surface area contributed by atoms with Gasteiger partial charge in [-0.2, -0.15) is 31.2 Å². The zero-order chi connectivity index (χ0) is 23.5. The fourth-order valence-electron chi connectivity index (χ4n) is 3.64. The van der Waals surface area contributed by atoms with Crippen molar-refractivity contribution in [2.75, 3.05) is 13.2 Å². The average Bonchev–Trinajstić information content (AvgIpc) is 2.76. The molecule has 0 amide bonds. The van der Waals surface area contributed by atoms with Gasteiger partial charge in [0.25, 0.3) is 0 Å². The number of ether oxygens (including phenoxy) is 5. The van der Waals surface area contributed by atoms with E-state index in [2.05, 4.69) is 6.92 Å². The summed E-state index contributed by atoms with van der Waals surface area (Å²) in [5, 5.41) is 49.8. The van der Waals surface area contributed by atoms with Gasteiger partial charge in [0, 0.05) is 32.7 Å². The van der Waals surface area contributed by atoms with E-state index < -0.39 is 67.5 Å². The Hall–Kier alpha value is -0.206. The molecule has 10 nitrogen and oxygen atoms in total. The first-order chi connectivity index (χ1) is 15.1. The van der Waals surface area contributed by atoms with E-state index in [-0.39, 0.29) is 39.3 Å². The van der Waals surface area contributed by atoms with Crippen LogP contribution in [0.3, 0.4) is 0 Å². The van der Waals surface area contributed by atoms with Crippen LogP contribution in [0.2, 0.25) is 0 Å². The van der Waals surface area contributed by atoms with Crippen molar-refractivity contribution in [3.63, 3.8) is 0 Å². The third-order valence-corrected chi connectivity index (χ3v) is 5.42. The van der Waals surface area contributed by atoms with Crippen LogP contribution in [0.5, 0.6) is 0 Å². The first-order valence-electron chi connectivity index (χ1n) is 10.4. The van der Waals surface area contributed by atoms with Crippen molar-refractivity contribution < 1.29 is 81.9 Å². The van der Waals surface area contributed by atoms with E-state index in [9.17, 15) is 25.5 Å². The van der Waals surface area contributed by atoms with Crippen molar-refractivity contribution in [2.45, 2.75) is 74.8 Å². The first kappa shape index (κ1) is 29.0. The van der Waals surface area contributed by atoms with Gasteiger partial charge in [0.1, 0.15) is 30.5 Å². The standard InChI is InChI=1S/C15H25O10.C7H7.Y/c1-15(2)22-5-8-13(25-15)10(19)11(20)14(23-8)24-12-7(3-16)21-4-6(17)9(12)18;1-7-5-3-2-4-6-7;/h4,6-14,16-20H,3,5H2,1-2H3;2-6H,1H2;/q2*-1;. The summed E-state index contributed by atoms with van der Waals surface area (Å²) >= 11 is 0. The second-order valence-corrected chi connectivity index (χ2v) is 8.38. The summed E-state index contributed by atoms with van der Waals surface area (Å²) < 4.78 is 27.4. The van der Waals surface area contributed by atoms with Crippen molar-refractivity contribution in [1.82, 2.24) is 0 Å². The monoisotopic (exact) mass is 545 g/mol. The van der Waals surface area contributed by atoms with Crippen LogP contribution in [0.15, 0.2) is 30.3 Å². The smallest absolute Gasteiger partial charge is 0.187 e. The number of aliphatic hydroxyl groups is 5. The molecule has 3 saturated heterocycles. The van der Waals surface area contributed by atoms with Gasteiger partial charge in [-0.1, -0.05) is 6.07 Å². The maximum atomic E-state index is 10.4. The van der Waals surface area contributed by atoms with E-state index in [0.717, 1.165) is 12.2 Å². The molecule has 3 heterocycles. The molecule has 0 saturated carbocycles. The third kappa shape index (κ3) is 7.39. The summed E-state index contributed by atoms with van der Waals surface area (Å²) in [5.41, 5.74) is 1.07. The van der Waals surface area contributed by atoms with Crippen molar-refractivity contribution in [2.24, 2.45) is 0 Å². The zero-order valence-corrected chi connectivity index (χ0v) is 21.5. The molecule has 9 atom stereocenters. The largest absolute Gasteiger partial charge is 0.544 e. The van der Waals surface area contributed by atoms with Crippen molar-refractivity contribution in [1.29, 1.82) is 0 Å². The second-order valence-electron chi connectivity index (χ2n) is 8.38.